The topological polar surface area (TPSA) is 55.1 Å². The van der Waals surface area contributed by atoms with Gasteiger partial charge in [0, 0.05) is 28.6 Å². The normalized spacial score (nSPS) is 20.9. The second-order valence-electron chi connectivity index (χ2n) is 7.95. The molecule has 0 bridgehead atoms. The minimum Gasteiger partial charge on any atom is -0.338 e. The SMILES string of the molecule is Cc1ccc([C@@H]2C3=C(C[C@@H](c4ccc(Cl)cc4)CC3=O)Nc3onc(C)c32)cc1. The summed E-state index contributed by atoms with van der Waals surface area (Å²) in [6, 6.07) is 16.2. The third-order valence-electron chi connectivity index (χ3n) is 6.01. The molecule has 1 aromatic heterocycles. The van der Waals surface area contributed by atoms with Gasteiger partial charge in [0.1, 0.15) is 0 Å². The fourth-order valence-corrected chi connectivity index (χ4v) is 4.66. The second-order valence-corrected chi connectivity index (χ2v) is 8.39. The zero-order valence-electron chi connectivity index (χ0n) is 16.3. The minimum atomic E-state index is -0.147. The van der Waals surface area contributed by atoms with E-state index in [4.69, 9.17) is 16.1 Å². The van der Waals surface area contributed by atoms with Gasteiger partial charge in [0.25, 0.3) is 0 Å². The summed E-state index contributed by atoms with van der Waals surface area (Å²) in [5.41, 5.74) is 6.98. The summed E-state index contributed by atoms with van der Waals surface area (Å²) in [4.78, 5) is 13.4. The van der Waals surface area contributed by atoms with Gasteiger partial charge in [-0.2, -0.15) is 0 Å². The molecule has 0 saturated carbocycles. The molecule has 0 fully saturated rings. The zero-order valence-corrected chi connectivity index (χ0v) is 17.1. The van der Waals surface area contributed by atoms with E-state index in [1.807, 2.05) is 31.2 Å². The van der Waals surface area contributed by atoms with E-state index in [9.17, 15) is 4.79 Å². The molecule has 5 rings (SSSR count). The Balaban J connectivity index is 1.61. The molecule has 0 spiro atoms. The van der Waals surface area contributed by atoms with E-state index in [-0.39, 0.29) is 17.6 Å². The van der Waals surface area contributed by atoms with Crippen LogP contribution in [0, 0.1) is 13.8 Å². The number of carbonyl (C=O) groups excluding carboxylic acids is 1. The van der Waals surface area contributed by atoms with E-state index in [0.717, 1.165) is 40.1 Å². The van der Waals surface area contributed by atoms with Gasteiger partial charge in [-0.3, -0.25) is 4.79 Å². The van der Waals surface area contributed by atoms with E-state index in [0.29, 0.717) is 17.3 Å². The molecule has 1 N–H and O–H groups in total. The Kier molecular flexibility index (Phi) is 4.32. The van der Waals surface area contributed by atoms with Crippen molar-refractivity contribution in [3.8, 4) is 0 Å². The molecule has 146 valence electrons. The number of halogens is 1. The number of aromatic nitrogens is 1. The van der Waals surface area contributed by atoms with Crippen LogP contribution in [0.1, 0.15) is 52.6 Å². The number of anilines is 1. The Labute approximate surface area is 174 Å². The Hall–Kier alpha value is -2.85. The Morgan fingerprint density at radius 3 is 2.41 bits per heavy atom. The van der Waals surface area contributed by atoms with Crippen molar-refractivity contribution < 1.29 is 9.32 Å². The summed E-state index contributed by atoms with van der Waals surface area (Å²) < 4.78 is 5.58. The number of Topliss-reactive ketones (excluding diaryl/α,β-unsaturated/α-hetero) is 1. The van der Waals surface area contributed by atoms with Crippen LogP contribution in [-0.4, -0.2) is 10.9 Å². The third kappa shape index (κ3) is 3.08. The van der Waals surface area contributed by atoms with E-state index in [2.05, 4.69) is 41.7 Å². The van der Waals surface area contributed by atoms with Crippen LogP contribution in [0.3, 0.4) is 0 Å². The largest absolute Gasteiger partial charge is 0.338 e. The number of ketones is 1. The molecular formula is C24H21ClN2O2. The molecule has 0 amide bonds. The Morgan fingerprint density at radius 2 is 1.69 bits per heavy atom. The van der Waals surface area contributed by atoms with Crippen molar-refractivity contribution in [3.05, 3.63) is 92.8 Å². The van der Waals surface area contributed by atoms with Crippen LogP contribution < -0.4 is 5.32 Å². The predicted molar refractivity (Wildman–Crippen MR) is 113 cm³/mol. The fraction of sp³-hybridized carbons (Fsp3) is 0.250. The third-order valence-corrected chi connectivity index (χ3v) is 6.26. The predicted octanol–water partition coefficient (Wildman–Crippen LogP) is 5.90. The van der Waals surface area contributed by atoms with Gasteiger partial charge in [-0.25, -0.2) is 0 Å². The molecule has 3 aromatic rings. The molecule has 2 aliphatic rings. The molecule has 2 aromatic carbocycles. The van der Waals surface area contributed by atoms with Crippen molar-refractivity contribution in [2.75, 3.05) is 5.32 Å². The summed E-state index contributed by atoms with van der Waals surface area (Å²) in [7, 11) is 0. The number of fused-ring (bicyclic) bond motifs is 1. The van der Waals surface area contributed by atoms with Crippen LogP contribution in [0.15, 0.2) is 64.3 Å². The molecule has 0 unspecified atom stereocenters. The molecule has 2 heterocycles. The molecule has 2 atom stereocenters. The van der Waals surface area contributed by atoms with Gasteiger partial charge in [-0.05, 0) is 49.4 Å². The number of benzene rings is 2. The fourth-order valence-electron chi connectivity index (χ4n) is 4.54. The highest BCUT2D eigenvalue weighted by Crippen LogP contribution is 2.49. The van der Waals surface area contributed by atoms with Crippen molar-refractivity contribution in [1.82, 2.24) is 5.16 Å². The molecule has 0 saturated heterocycles. The number of nitrogens with one attached hydrogen (secondary N) is 1. The number of hydrogen-bond acceptors (Lipinski definition) is 4. The molecule has 5 heteroatoms. The van der Waals surface area contributed by atoms with Crippen LogP contribution in [0.25, 0.3) is 0 Å². The molecule has 1 aliphatic heterocycles. The summed E-state index contributed by atoms with van der Waals surface area (Å²) in [5, 5.41) is 8.25. The number of rotatable bonds is 2. The second kappa shape index (κ2) is 6.89. The van der Waals surface area contributed by atoms with Gasteiger partial charge in [0.2, 0.25) is 5.88 Å². The Bertz CT molecular complexity index is 1130. The highest BCUT2D eigenvalue weighted by atomic mass is 35.5. The van der Waals surface area contributed by atoms with E-state index in [1.165, 1.54) is 5.56 Å². The number of aryl methyl sites for hydroxylation is 2. The monoisotopic (exact) mass is 404 g/mol. The van der Waals surface area contributed by atoms with E-state index >= 15 is 0 Å². The van der Waals surface area contributed by atoms with Crippen LogP contribution in [-0.2, 0) is 4.79 Å². The lowest BCUT2D eigenvalue weighted by atomic mass is 9.72. The van der Waals surface area contributed by atoms with Crippen molar-refractivity contribution >= 4 is 23.3 Å². The lowest BCUT2D eigenvalue weighted by molar-refractivity contribution is -0.116. The van der Waals surface area contributed by atoms with Crippen molar-refractivity contribution in [2.24, 2.45) is 0 Å². The highest BCUT2D eigenvalue weighted by Gasteiger charge is 2.41. The smallest absolute Gasteiger partial charge is 0.233 e. The molecule has 29 heavy (non-hydrogen) atoms. The molecule has 1 aliphatic carbocycles. The maximum absolute atomic E-state index is 13.4. The number of hydrogen-bond donors (Lipinski definition) is 1. The lowest BCUT2D eigenvalue weighted by Crippen LogP contribution is -2.29. The molecule has 0 radical (unpaired) electrons. The number of nitrogens with zero attached hydrogens (tertiary/aromatic N) is 1. The summed E-state index contributed by atoms with van der Waals surface area (Å²) in [5.74, 6) is 0.800. The van der Waals surface area contributed by atoms with Crippen molar-refractivity contribution in [3.63, 3.8) is 0 Å². The molecular weight excluding hydrogens is 384 g/mol. The van der Waals surface area contributed by atoms with Crippen molar-refractivity contribution in [1.29, 1.82) is 0 Å². The van der Waals surface area contributed by atoms with Gasteiger partial charge in [0.15, 0.2) is 5.78 Å². The first kappa shape index (κ1) is 18.2. The number of carbonyl (C=O) groups is 1. The first-order chi connectivity index (χ1) is 14.0. The van der Waals surface area contributed by atoms with Gasteiger partial charge in [0.05, 0.1) is 11.3 Å². The van der Waals surface area contributed by atoms with Gasteiger partial charge >= 0.3 is 0 Å². The maximum Gasteiger partial charge on any atom is 0.233 e. The standard InChI is InChI=1S/C24H21ClN2O2/c1-13-3-5-16(6-4-13)22-21-14(2)27-29-24(21)26-19-11-17(12-20(28)23(19)22)15-7-9-18(25)10-8-15/h3-10,17,22,26H,11-12H2,1-2H3/t17-,22+/m1/s1. The van der Waals surface area contributed by atoms with Gasteiger partial charge in [-0.1, -0.05) is 58.7 Å². The summed E-state index contributed by atoms with van der Waals surface area (Å²) in [6.45, 7) is 4.00. The van der Waals surface area contributed by atoms with Crippen LogP contribution in [0.2, 0.25) is 5.02 Å². The quantitative estimate of drug-likeness (QED) is 0.577. The average molecular weight is 405 g/mol. The number of allylic oxidation sites excluding steroid dienone is 2. The highest BCUT2D eigenvalue weighted by molar-refractivity contribution is 6.30. The van der Waals surface area contributed by atoms with Gasteiger partial charge in [-0.15, -0.1) is 0 Å². The minimum absolute atomic E-state index is 0.121. The van der Waals surface area contributed by atoms with Crippen LogP contribution in [0.4, 0.5) is 5.88 Å². The van der Waals surface area contributed by atoms with Gasteiger partial charge < -0.3 is 9.84 Å². The zero-order chi connectivity index (χ0) is 20.1. The first-order valence-corrected chi connectivity index (χ1v) is 10.2. The van der Waals surface area contributed by atoms with Crippen LogP contribution >= 0.6 is 11.6 Å². The first-order valence-electron chi connectivity index (χ1n) is 9.82. The summed E-state index contributed by atoms with van der Waals surface area (Å²) >= 11 is 6.04. The maximum atomic E-state index is 13.4. The van der Waals surface area contributed by atoms with E-state index in [1.54, 1.807) is 0 Å². The van der Waals surface area contributed by atoms with E-state index < -0.39 is 0 Å². The Morgan fingerprint density at radius 1 is 1.00 bits per heavy atom. The summed E-state index contributed by atoms with van der Waals surface area (Å²) in [6.07, 6.45) is 1.24. The average Bonchev–Trinajstić information content (AvgIpc) is 3.08. The van der Waals surface area contributed by atoms with Crippen LogP contribution in [0.5, 0.6) is 0 Å². The molecule has 4 nitrogen and oxygen atoms in total. The lowest BCUT2D eigenvalue weighted by Gasteiger charge is -2.34. The van der Waals surface area contributed by atoms with Crippen molar-refractivity contribution in [2.45, 2.75) is 38.5 Å².